The number of hydrogen-bond acceptors (Lipinski definition) is 8. The molecule has 5 N–H and O–H groups in total. The van der Waals surface area contributed by atoms with Gasteiger partial charge < -0.3 is 26.0 Å². The molecule has 38 heavy (non-hydrogen) atoms. The summed E-state index contributed by atoms with van der Waals surface area (Å²) in [5.41, 5.74) is 2.83. The van der Waals surface area contributed by atoms with E-state index in [0.29, 0.717) is 33.1 Å². The topological polar surface area (TPSA) is 150 Å². The number of guanidine groups is 1. The Morgan fingerprint density at radius 2 is 2.08 bits per heavy atom. The van der Waals surface area contributed by atoms with Gasteiger partial charge in [-0.05, 0) is 30.7 Å². The molecular formula is C25H27ClFN7O4. The van der Waals surface area contributed by atoms with Gasteiger partial charge in [0, 0.05) is 16.0 Å². The number of aliphatic imine (C=N–C) groups is 1. The molecule has 0 saturated carbocycles. The Labute approximate surface area is 222 Å². The first-order valence-electron chi connectivity index (χ1n) is 11.8. The predicted molar refractivity (Wildman–Crippen MR) is 141 cm³/mol. The van der Waals surface area contributed by atoms with Gasteiger partial charge in [-0.1, -0.05) is 29.3 Å². The molecule has 2 aromatic carbocycles. The molecule has 0 fully saturated rings. The average Bonchev–Trinajstić information content (AvgIpc) is 3.38. The summed E-state index contributed by atoms with van der Waals surface area (Å²) >= 11 is 6.32. The third-order valence-corrected chi connectivity index (χ3v) is 6.23. The van der Waals surface area contributed by atoms with Crippen LogP contribution in [0.5, 0.6) is 0 Å². The van der Waals surface area contributed by atoms with Crippen molar-refractivity contribution >= 4 is 51.9 Å². The van der Waals surface area contributed by atoms with Crippen LogP contribution in [0.25, 0.3) is 10.9 Å². The van der Waals surface area contributed by atoms with Gasteiger partial charge in [-0.3, -0.25) is 19.5 Å². The first kappa shape index (κ1) is 26.9. The highest BCUT2D eigenvalue weighted by atomic mass is 35.5. The van der Waals surface area contributed by atoms with Crippen LogP contribution in [-0.4, -0.2) is 66.9 Å². The van der Waals surface area contributed by atoms with Gasteiger partial charge in [0.1, 0.15) is 6.17 Å². The lowest BCUT2D eigenvalue weighted by Gasteiger charge is -2.20. The van der Waals surface area contributed by atoms with Crippen molar-refractivity contribution in [3.05, 3.63) is 58.2 Å². The van der Waals surface area contributed by atoms with Gasteiger partial charge in [-0.2, -0.15) is 5.10 Å². The molecule has 4 rings (SSSR count). The Morgan fingerprint density at radius 3 is 2.82 bits per heavy atom. The molecule has 1 unspecified atom stereocenters. The van der Waals surface area contributed by atoms with E-state index in [9.17, 15) is 18.8 Å². The molecule has 2 atom stereocenters. The van der Waals surface area contributed by atoms with E-state index < -0.39 is 30.0 Å². The number of alkyl halides is 1. The lowest BCUT2D eigenvalue weighted by molar-refractivity contribution is -0.141. The number of fused-ring (bicyclic) bond motifs is 1. The Bertz CT molecular complexity index is 1390. The van der Waals surface area contributed by atoms with Crippen molar-refractivity contribution in [2.24, 2.45) is 4.99 Å². The van der Waals surface area contributed by atoms with Gasteiger partial charge in [-0.15, -0.1) is 0 Å². The lowest BCUT2D eigenvalue weighted by Crippen LogP contribution is -2.41. The van der Waals surface area contributed by atoms with Crippen LogP contribution in [0.1, 0.15) is 33.9 Å². The van der Waals surface area contributed by atoms with Crippen molar-refractivity contribution in [3.8, 4) is 0 Å². The SMILES string of the molecule is COC(=O)C[C@H](NC(=O)CNC(=O)c1cc(NC2=NCC(F)CN2)c2cn[nH]c2c1)c1cc(C)ccc1Cl. The molecule has 0 aliphatic carbocycles. The van der Waals surface area contributed by atoms with Gasteiger partial charge in [-0.25, -0.2) is 9.38 Å². The van der Waals surface area contributed by atoms with Crippen LogP contribution in [0, 0.1) is 6.92 Å². The fraction of sp³-hybridized carbons (Fsp3) is 0.320. The Kier molecular flexibility index (Phi) is 8.41. The Hall–Kier alpha value is -4.19. The van der Waals surface area contributed by atoms with E-state index in [4.69, 9.17) is 16.3 Å². The van der Waals surface area contributed by atoms with Crippen LogP contribution in [0.3, 0.4) is 0 Å². The first-order chi connectivity index (χ1) is 18.2. The number of nitrogens with zero attached hydrogens (tertiary/aromatic N) is 2. The van der Waals surface area contributed by atoms with Crippen molar-refractivity contribution in [2.45, 2.75) is 25.6 Å². The van der Waals surface area contributed by atoms with Gasteiger partial charge in [0.25, 0.3) is 5.91 Å². The van der Waals surface area contributed by atoms with E-state index in [1.165, 1.54) is 7.11 Å². The molecular weight excluding hydrogens is 517 g/mol. The van der Waals surface area contributed by atoms with Gasteiger partial charge in [0.15, 0.2) is 5.96 Å². The molecule has 0 spiro atoms. The summed E-state index contributed by atoms with van der Waals surface area (Å²) in [7, 11) is 1.26. The summed E-state index contributed by atoms with van der Waals surface area (Å²) in [4.78, 5) is 41.8. The van der Waals surface area contributed by atoms with Crippen LogP contribution in [0.4, 0.5) is 10.1 Å². The van der Waals surface area contributed by atoms with E-state index in [2.05, 4.69) is 36.5 Å². The lowest BCUT2D eigenvalue weighted by atomic mass is 10.0. The Balaban J connectivity index is 1.45. The van der Waals surface area contributed by atoms with Crippen molar-refractivity contribution in [3.63, 3.8) is 0 Å². The van der Waals surface area contributed by atoms with Gasteiger partial charge in [0.05, 0.1) is 56.6 Å². The maximum atomic E-state index is 13.4. The number of anilines is 1. The zero-order valence-corrected chi connectivity index (χ0v) is 21.5. The second-order valence-electron chi connectivity index (χ2n) is 8.76. The zero-order valence-electron chi connectivity index (χ0n) is 20.7. The number of nitrogens with one attached hydrogen (secondary N) is 5. The summed E-state index contributed by atoms with van der Waals surface area (Å²) < 4.78 is 18.1. The molecule has 2 amide bonds. The largest absolute Gasteiger partial charge is 0.469 e. The fourth-order valence-electron chi connectivity index (χ4n) is 3.94. The van der Waals surface area contributed by atoms with E-state index in [1.54, 1.807) is 30.5 Å². The van der Waals surface area contributed by atoms with Crippen LogP contribution in [-0.2, 0) is 14.3 Å². The van der Waals surface area contributed by atoms with Crippen molar-refractivity contribution < 1.29 is 23.5 Å². The number of aryl methyl sites for hydroxylation is 1. The number of H-pyrrole nitrogens is 1. The standard InChI is InChI=1S/C25H27ClFN7O4/c1-13-3-4-18(26)16(5-13)20(8-23(36)38-2)32-22(35)12-28-24(37)14-6-19(17-11-31-34-21(17)7-14)33-25-29-9-15(27)10-30-25/h3-7,11,15,20H,8-10,12H2,1-2H3,(H,28,37)(H,31,34)(H,32,35)(H2,29,30,33)/t20-/m0/s1. The number of aromatic amines is 1. The summed E-state index contributed by atoms with van der Waals surface area (Å²) in [5, 5.41) is 19.2. The quantitative estimate of drug-likeness (QED) is 0.274. The number of methoxy groups -OCH3 is 1. The summed E-state index contributed by atoms with van der Waals surface area (Å²) in [6.45, 7) is 1.67. The van der Waals surface area contributed by atoms with Crippen molar-refractivity contribution in [1.29, 1.82) is 0 Å². The number of ether oxygens (including phenoxy) is 1. The van der Waals surface area contributed by atoms with Crippen LogP contribution in [0.2, 0.25) is 5.02 Å². The Morgan fingerprint density at radius 1 is 1.26 bits per heavy atom. The molecule has 13 heteroatoms. The normalized spacial score (nSPS) is 15.7. The van der Waals surface area contributed by atoms with Gasteiger partial charge in [0.2, 0.25) is 5.91 Å². The van der Waals surface area contributed by atoms with E-state index >= 15 is 0 Å². The highest BCUT2D eigenvalue weighted by Gasteiger charge is 2.22. The van der Waals surface area contributed by atoms with Gasteiger partial charge >= 0.3 is 5.97 Å². The molecule has 200 valence electrons. The minimum atomic E-state index is -1.06. The minimum absolute atomic E-state index is 0.0316. The number of halogens is 2. The average molecular weight is 544 g/mol. The molecule has 2 heterocycles. The monoisotopic (exact) mass is 543 g/mol. The maximum absolute atomic E-state index is 13.4. The highest BCUT2D eigenvalue weighted by Crippen LogP contribution is 2.27. The number of carbonyl (C=O) groups excluding carboxylic acids is 3. The second kappa shape index (κ2) is 11.9. The smallest absolute Gasteiger partial charge is 0.307 e. The summed E-state index contributed by atoms with van der Waals surface area (Å²) in [6.07, 6.45) is 0.393. The van der Waals surface area contributed by atoms with Crippen molar-refractivity contribution in [2.75, 3.05) is 32.1 Å². The van der Waals surface area contributed by atoms with Crippen LogP contribution >= 0.6 is 11.6 Å². The molecule has 0 saturated heterocycles. The minimum Gasteiger partial charge on any atom is -0.469 e. The fourth-order valence-corrected chi connectivity index (χ4v) is 4.19. The number of aromatic nitrogens is 2. The molecule has 0 radical (unpaired) electrons. The van der Waals surface area contributed by atoms with E-state index in [1.807, 2.05) is 13.0 Å². The zero-order chi connectivity index (χ0) is 27.2. The number of hydrogen-bond donors (Lipinski definition) is 5. The maximum Gasteiger partial charge on any atom is 0.307 e. The number of rotatable bonds is 8. The number of esters is 1. The molecule has 1 aromatic heterocycles. The highest BCUT2D eigenvalue weighted by molar-refractivity contribution is 6.31. The number of amides is 2. The van der Waals surface area contributed by atoms with E-state index in [0.717, 1.165) is 5.56 Å². The third-order valence-electron chi connectivity index (χ3n) is 5.88. The predicted octanol–water partition coefficient (Wildman–Crippen LogP) is 2.38. The number of carbonyl (C=O) groups is 3. The van der Waals surface area contributed by atoms with Crippen LogP contribution < -0.4 is 21.3 Å². The number of benzene rings is 2. The molecule has 0 bridgehead atoms. The van der Waals surface area contributed by atoms with E-state index in [-0.39, 0.29) is 31.6 Å². The molecule has 1 aliphatic heterocycles. The molecule has 1 aliphatic rings. The molecule has 3 aromatic rings. The first-order valence-corrected chi connectivity index (χ1v) is 12.2. The molecule has 11 nitrogen and oxygen atoms in total. The third kappa shape index (κ3) is 6.57. The summed E-state index contributed by atoms with van der Waals surface area (Å²) in [5.74, 6) is -1.18. The van der Waals surface area contributed by atoms with Crippen molar-refractivity contribution in [1.82, 2.24) is 26.1 Å². The second-order valence-corrected chi connectivity index (χ2v) is 9.16. The summed E-state index contributed by atoms with van der Waals surface area (Å²) in [6, 6.07) is 7.72. The van der Waals surface area contributed by atoms with Crippen LogP contribution in [0.15, 0.2) is 41.5 Å².